The fourth-order valence-electron chi connectivity index (χ4n) is 8.24. The van der Waals surface area contributed by atoms with E-state index in [0.29, 0.717) is 12.0 Å². The van der Waals surface area contributed by atoms with Gasteiger partial charge in [0, 0.05) is 17.7 Å². The number of aromatic nitrogens is 2. The molecule has 6 aromatic rings. The van der Waals surface area contributed by atoms with Crippen LogP contribution in [0.4, 0.5) is 0 Å². The van der Waals surface area contributed by atoms with Crippen LogP contribution < -0.4 is 9.59 Å². The Balaban J connectivity index is 1.88. The van der Waals surface area contributed by atoms with Crippen LogP contribution in [0.1, 0.15) is 67.7 Å². The molecule has 0 saturated carbocycles. The summed E-state index contributed by atoms with van der Waals surface area (Å²) in [7, 11) is -2.29. The summed E-state index contributed by atoms with van der Waals surface area (Å²) in [5.74, 6) is 0.425. The lowest BCUT2D eigenvalue weighted by Crippen LogP contribution is -2.68. The lowest BCUT2D eigenvalue weighted by Gasteiger charge is -2.47. The summed E-state index contributed by atoms with van der Waals surface area (Å²) < 4.78 is 5.36. The Kier molecular flexibility index (Phi) is 5.47. The van der Waals surface area contributed by atoms with Crippen LogP contribution in [0.2, 0.25) is 13.1 Å². The fraction of sp³-hybridized carbons (Fsp3) is 0.270. The molecule has 0 spiro atoms. The van der Waals surface area contributed by atoms with Crippen LogP contribution in [0.15, 0.2) is 97.1 Å². The SMILES string of the molecule is Cc1c2[n+]3c4c(cccc4c4cccc(C(C)C)c4c3n1C(C)C)[Si](C)(C)C2(c1ccccc1)c1ccccc1. The average Bonchev–Trinajstić information content (AvgIpc) is 3.27. The van der Waals surface area contributed by atoms with Gasteiger partial charge in [0.1, 0.15) is 19.3 Å². The van der Waals surface area contributed by atoms with Crippen LogP contribution >= 0.6 is 0 Å². The first-order valence-electron chi connectivity index (χ1n) is 14.8. The molecule has 0 bridgehead atoms. The van der Waals surface area contributed by atoms with Gasteiger partial charge < -0.3 is 0 Å². The molecule has 0 aliphatic carbocycles. The van der Waals surface area contributed by atoms with E-state index in [9.17, 15) is 0 Å². The van der Waals surface area contributed by atoms with E-state index in [4.69, 9.17) is 0 Å². The molecule has 0 saturated heterocycles. The molecule has 3 heteroatoms. The van der Waals surface area contributed by atoms with E-state index in [1.165, 1.54) is 60.6 Å². The van der Waals surface area contributed by atoms with E-state index in [2.05, 4.69) is 154 Å². The molecule has 2 aromatic heterocycles. The fourth-order valence-corrected chi connectivity index (χ4v) is 12.7. The third-order valence-electron chi connectivity index (χ3n) is 9.76. The summed E-state index contributed by atoms with van der Waals surface area (Å²) >= 11 is 0. The minimum atomic E-state index is -2.29. The molecule has 3 heterocycles. The highest BCUT2D eigenvalue weighted by Crippen LogP contribution is 2.50. The maximum absolute atomic E-state index is 2.71. The van der Waals surface area contributed by atoms with E-state index in [1.807, 2.05) is 0 Å². The van der Waals surface area contributed by atoms with Gasteiger partial charge in [-0.05, 0) is 41.6 Å². The predicted molar refractivity (Wildman–Crippen MR) is 172 cm³/mol. The molecule has 1 aliphatic heterocycles. The van der Waals surface area contributed by atoms with Crippen molar-refractivity contribution in [3.63, 3.8) is 0 Å². The molecular formula is C37H39N2Si+. The Hall–Kier alpha value is -3.69. The number of nitrogens with zero attached hydrogens (tertiary/aromatic N) is 2. The minimum Gasteiger partial charge on any atom is -0.225 e. The summed E-state index contributed by atoms with van der Waals surface area (Å²) in [4.78, 5) is 0. The monoisotopic (exact) mass is 539 g/mol. The highest BCUT2D eigenvalue weighted by atomic mass is 28.3. The van der Waals surface area contributed by atoms with Gasteiger partial charge in [0.05, 0.1) is 16.5 Å². The summed E-state index contributed by atoms with van der Waals surface area (Å²) in [6.07, 6.45) is 0. The molecular weight excluding hydrogens is 501 g/mol. The number of benzene rings is 4. The van der Waals surface area contributed by atoms with Crippen LogP contribution in [0, 0.1) is 6.92 Å². The predicted octanol–water partition coefficient (Wildman–Crippen LogP) is 8.35. The second-order valence-electron chi connectivity index (χ2n) is 12.8. The first-order valence-corrected chi connectivity index (χ1v) is 17.8. The summed E-state index contributed by atoms with van der Waals surface area (Å²) in [5, 5.41) is 5.44. The molecule has 200 valence electrons. The molecule has 0 atom stereocenters. The van der Waals surface area contributed by atoms with Crippen molar-refractivity contribution in [1.29, 1.82) is 0 Å². The van der Waals surface area contributed by atoms with Gasteiger partial charge >= 0.3 is 0 Å². The molecule has 1 aliphatic rings. The first kappa shape index (κ1) is 25.3. The standard InChI is InChI=1S/C37H39N2Si/c1-24(2)29-20-14-21-30-31-22-15-23-32-34(31)39-35(26(5)38(25(3)4)36(39)33(29)30)37(40(32,6)7,27-16-10-8-11-17-27)28-18-12-9-13-19-28/h8-25H,1-7H3/q+1. The van der Waals surface area contributed by atoms with E-state index < -0.39 is 8.07 Å². The van der Waals surface area contributed by atoms with Crippen LogP contribution in [-0.2, 0) is 5.04 Å². The Bertz CT molecular complexity index is 1890. The van der Waals surface area contributed by atoms with Crippen molar-refractivity contribution < 1.29 is 4.40 Å². The zero-order valence-corrected chi connectivity index (χ0v) is 25.8. The highest BCUT2D eigenvalue weighted by Gasteiger charge is 2.60. The zero-order valence-electron chi connectivity index (χ0n) is 24.8. The van der Waals surface area contributed by atoms with Gasteiger partial charge in [-0.3, -0.25) is 0 Å². The summed E-state index contributed by atoms with van der Waals surface area (Å²) in [5.41, 5.74) is 9.83. The van der Waals surface area contributed by atoms with Crippen LogP contribution in [0.25, 0.3) is 27.3 Å². The number of para-hydroxylation sites is 1. The number of pyridine rings is 1. The van der Waals surface area contributed by atoms with Gasteiger partial charge in [0.15, 0.2) is 5.69 Å². The quantitative estimate of drug-likeness (QED) is 0.121. The summed E-state index contributed by atoms with van der Waals surface area (Å²) in [6.45, 7) is 17.0. The van der Waals surface area contributed by atoms with Crippen molar-refractivity contribution in [2.45, 2.75) is 64.7 Å². The number of fused-ring (bicyclic) bond motifs is 3. The van der Waals surface area contributed by atoms with Crippen molar-refractivity contribution in [2.24, 2.45) is 0 Å². The van der Waals surface area contributed by atoms with E-state index in [1.54, 1.807) is 0 Å². The summed E-state index contributed by atoms with van der Waals surface area (Å²) in [6, 6.07) is 37.2. The van der Waals surface area contributed by atoms with Gasteiger partial charge in [-0.15, -0.1) is 0 Å². The number of rotatable bonds is 4. The van der Waals surface area contributed by atoms with E-state index in [-0.39, 0.29) is 5.04 Å². The van der Waals surface area contributed by atoms with Crippen LogP contribution in [-0.4, -0.2) is 12.6 Å². The van der Waals surface area contributed by atoms with Crippen molar-refractivity contribution in [2.75, 3.05) is 0 Å². The third kappa shape index (κ3) is 2.96. The average molecular weight is 540 g/mol. The van der Waals surface area contributed by atoms with E-state index in [0.717, 1.165) is 0 Å². The zero-order chi connectivity index (χ0) is 28.0. The maximum atomic E-state index is 2.71. The first-order chi connectivity index (χ1) is 19.2. The van der Waals surface area contributed by atoms with Crippen molar-refractivity contribution >= 4 is 40.6 Å². The number of hydrogen-bond donors (Lipinski definition) is 0. The lowest BCUT2D eigenvalue weighted by molar-refractivity contribution is -0.492. The number of imidazole rings is 1. The largest absolute Gasteiger partial charge is 0.295 e. The molecule has 4 aromatic carbocycles. The maximum Gasteiger partial charge on any atom is 0.295 e. The van der Waals surface area contributed by atoms with Crippen LogP contribution in [0.3, 0.4) is 0 Å². The van der Waals surface area contributed by atoms with Crippen molar-refractivity contribution in [3.05, 3.63) is 125 Å². The highest BCUT2D eigenvalue weighted by molar-refractivity contribution is 6.95. The normalized spacial score (nSPS) is 15.7. The van der Waals surface area contributed by atoms with Crippen molar-refractivity contribution in [3.8, 4) is 0 Å². The van der Waals surface area contributed by atoms with Gasteiger partial charge in [0.25, 0.3) is 5.65 Å². The molecule has 0 fully saturated rings. The Morgan fingerprint density at radius 2 is 1.27 bits per heavy atom. The van der Waals surface area contributed by atoms with Gasteiger partial charge in [-0.25, -0.2) is 4.57 Å². The van der Waals surface area contributed by atoms with Gasteiger partial charge in [-0.1, -0.05) is 124 Å². The molecule has 0 N–H and O–H groups in total. The Morgan fingerprint density at radius 3 is 1.85 bits per heavy atom. The molecule has 0 amide bonds. The molecule has 0 unspecified atom stereocenters. The topological polar surface area (TPSA) is 9.03 Å². The van der Waals surface area contributed by atoms with Gasteiger partial charge in [0.2, 0.25) is 0 Å². The molecule has 2 nitrogen and oxygen atoms in total. The molecule has 40 heavy (non-hydrogen) atoms. The van der Waals surface area contributed by atoms with Crippen LogP contribution in [0.5, 0.6) is 0 Å². The Labute approximate surface area is 238 Å². The molecule has 7 rings (SSSR count). The van der Waals surface area contributed by atoms with E-state index >= 15 is 0 Å². The van der Waals surface area contributed by atoms with Crippen molar-refractivity contribution in [1.82, 2.24) is 4.57 Å². The Morgan fingerprint density at radius 1 is 0.700 bits per heavy atom. The smallest absolute Gasteiger partial charge is 0.225 e. The minimum absolute atomic E-state index is 0.260. The molecule has 0 radical (unpaired) electrons. The third-order valence-corrected chi connectivity index (χ3v) is 14.2. The van der Waals surface area contributed by atoms with Gasteiger partial charge in [-0.2, -0.15) is 4.40 Å². The number of hydrogen-bond acceptors (Lipinski definition) is 0. The second-order valence-corrected chi connectivity index (χ2v) is 17.3. The second kappa shape index (κ2) is 8.65. The lowest BCUT2D eigenvalue weighted by atomic mass is 9.85.